The number of piperidine rings is 1. The second-order valence-corrected chi connectivity index (χ2v) is 8.75. The lowest BCUT2D eigenvalue weighted by molar-refractivity contribution is -0.136. The standard InChI is InChI=1S/C21H24N4O4/c26-17-4-3-16(18(27)24-17)25-19(28)14-2-1-12(7-15(14)20(25)29)9-23-13-5-6-21(8-13)10-22-11-21/h1-2,7,13,16,22-23H,3-6,8-11H2,(H,24,26,27). The molecule has 1 spiro atoms. The maximum absolute atomic E-state index is 12.9. The summed E-state index contributed by atoms with van der Waals surface area (Å²) in [5, 5.41) is 9.16. The molecule has 4 aliphatic rings. The molecule has 1 aliphatic carbocycles. The largest absolute Gasteiger partial charge is 0.316 e. The first-order valence-electron chi connectivity index (χ1n) is 10.2. The third kappa shape index (κ3) is 3.07. The van der Waals surface area contributed by atoms with E-state index in [1.165, 1.54) is 12.8 Å². The SMILES string of the molecule is O=C1CCC(N2C(=O)c3ccc(CNC4CCC5(CNC5)C4)cc3C2=O)C(=O)N1. The van der Waals surface area contributed by atoms with E-state index in [1.807, 2.05) is 6.07 Å². The predicted octanol–water partition coefficient (Wildman–Crippen LogP) is 0.320. The van der Waals surface area contributed by atoms with E-state index in [0.717, 1.165) is 30.0 Å². The monoisotopic (exact) mass is 396 g/mol. The first-order chi connectivity index (χ1) is 14.0. The van der Waals surface area contributed by atoms with Gasteiger partial charge in [0.2, 0.25) is 11.8 Å². The number of hydrogen-bond acceptors (Lipinski definition) is 6. The van der Waals surface area contributed by atoms with E-state index in [1.54, 1.807) is 12.1 Å². The van der Waals surface area contributed by atoms with Gasteiger partial charge in [-0.25, -0.2) is 0 Å². The molecule has 0 bridgehead atoms. The molecule has 8 nitrogen and oxygen atoms in total. The summed E-state index contributed by atoms with van der Waals surface area (Å²) in [6.07, 6.45) is 3.87. The van der Waals surface area contributed by atoms with Crippen LogP contribution in [0.1, 0.15) is 58.4 Å². The molecule has 29 heavy (non-hydrogen) atoms. The highest BCUT2D eigenvalue weighted by atomic mass is 16.2. The zero-order valence-electron chi connectivity index (χ0n) is 16.1. The molecule has 3 aliphatic heterocycles. The van der Waals surface area contributed by atoms with E-state index in [-0.39, 0.29) is 18.7 Å². The zero-order valence-corrected chi connectivity index (χ0v) is 16.1. The van der Waals surface area contributed by atoms with Crippen LogP contribution in [0.5, 0.6) is 0 Å². The fourth-order valence-electron chi connectivity index (χ4n) is 5.07. The second-order valence-electron chi connectivity index (χ2n) is 8.75. The third-order valence-electron chi connectivity index (χ3n) is 6.80. The van der Waals surface area contributed by atoms with Crippen molar-refractivity contribution in [1.82, 2.24) is 20.9 Å². The van der Waals surface area contributed by atoms with Crippen molar-refractivity contribution in [3.05, 3.63) is 34.9 Å². The van der Waals surface area contributed by atoms with Crippen molar-refractivity contribution in [3.8, 4) is 0 Å². The quantitative estimate of drug-likeness (QED) is 0.633. The highest BCUT2D eigenvalue weighted by Crippen LogP contribution is 2.41. The first-order valence-corrected chi connectivity index (χ1v) is 10.2. The molecule has 3 fully saturated rings. The topological polar surface area (TPSA) is 108 Å². The Bertz CT molecular complexity index is 923. The number of hydrogen-bond donors (Lipinski definition) is 3. The lowest BCUT2D eigenvalue weighted by atomic mass is 9.80. The minimum atomic E-state index is -0.924. The van der Waals surface area contributed by atoms with Crippen molar-refractivity contribution in [2.24, 2.45) is 5.41 Å². The molecule has 1 saturated carbocycles. The average molecular weight is 396 g/mol. The Morgan fingerprint density at radius 3 is 2.55 bits per heavy atom. The molecule has 5 rings (SSSR count). The van der Waals surface area contributed by atoms with Crippen molar-refractivity contribution < 1.29 is 19.2 Å². The van der Waals surface area contributed by atoms with Crippen molar-refractivity contribution in [2.45, 2.75) is 50.7 Å². The Balaban J connectivity index is 1.28. The van der Waals surface area contributed by atoms with Gasteiger partial charge in [0.25, 0.3) is 11.8 Å². The number of carbonyl (C=O) groups is 4. The Morgan fingerprint density at radius 1 is 1.07 bits per heavy atom. The van der Waals surface area contributed by atoms with E-state index >= 15 is 0 Å². The molecule has 0 radical (unpaired) electrons. The fraction of sp³-hybridized carbons (Fsp3) is 0.524. The summed E-state index contributed by atoms with van der Waals surface area (Å²) in [6.45, 7) is 2.86. The molecule has 3 N–H and O–H groups in total. The molecule has 0 aromatic heterocycles. The number of rotatable bonds is 4. The molecular formula is C21H24N4O4. The third-order valence-corrected chi connectivity index (χ3v) is 6.80. The molecule has 8 heteroatoms. The van der Waals surface area contributed by atoms with Crippen molar-refractivity contribution in [3.63, 3.8) is 0 Å². The van der Waals surface area contributed by atoms with Crippen LogP contribution in [-0.2, 0) is 16.1 Å². The molecule has 152 valence electrons. The van der Waals surface area contributed by atoms with Gasteiger partial charge in [0.15, 0.2) is 0 Å². The molecule has 2 atom stereocenters. The van der Waals surface area contributed by atoms with Gasteiger partial charge in [-0.05, 0) is 48.8 Å². The van der Waals surface area contributed by atoms with E-state index < -0.39 is 23.8 Å². The minimum absolute atomic E-state index is 0.122. The molecule has 2 saturated heterocycles. The molecule has 1 aromatic carbocycles. The smallest absolute Gasteiger partial charge is 0.262 e. The number of imide groups is 2. The van der Waals surface area contributed by atoms with Crippen LogP contribution in [0.15, 0.2) is 18.2 Å². The van der Waals surface area contributed by atoms with E-state index in [4.69, 9.17) is 0 Å². The van der Waals surface area contributed by atoms with Gasteiger partial charge in [0.1, 0.15) is 6.04 Å². The Labute approximate surface area is 168 Å². The van der Waals surface area contributed by atoms with E-state index in [2.05, 4.69) is 16.0 Å². The van der Waals surface area contributed by atoms with Crippen LogP contribution in [0.25, 0.3) is 0 Å². The van der Waals surface area contributed by atoms with Gasteiger partial charge in [0.05, 0.1) is 11.1 Å². The number of nitrogens with one attached hydrogen (secondary N) is 3. The Morgan fingerprint density at radius 2 is 1.86 bits per heavy atom. The van der Waals surface area contributed by atoms with Crippen molar-refractivity contribution >= 4 is 23.6 Å². The van der Waals surface area contributed by atoms with Crippen LogP contribution < -0.4 is 16.0 Å². The number of fused-ring (bicyclic) bond motifs is 1. The van der Waals surface area contributed by atoms with Gasteiger partial charge >= 0.3 is 0 Å². The lowest BCUT2D eigenvalue weighted by Gasteiger charge is -2.39. The van der Waals surface area contributed by atoms with Crippen molar-refractivity contribution in [1.29, 1.82) is 0 Å². The molecule has 4 amide bonds. The van der Waals surface area contributed by atoms with Crippen LogP contribution >= 0.6 is 0 Å². The maximum atomic E-state index is 12.9. The predicted molar refractivity (Wildman–Crippen MR) is 103 cm³/mol. The highest BCUT2D eigenvalue weighted by molar-refractivity contribution is 6.23. The van der Waals surface area contributed by atoms with Gasteiger partial charge in [-0.3, -0.25) is 29.4 Å². The van der Waals surface area contributed by atoms with Crippen molar-refractivity contribution in [2.75, 3.05) is 13.1 Å². The van der Waals surface area contributed by atoms with Crippen LogP contribution in [0.3, 0.4) is 0 Å². The zero-order chi connectivity index (χ0) is 20.2. The number of benzene rings is 1. The Kier molecular flexibility index (Phi) is 4.29. The normalized spacial score (nSPS) is 27.9. The summed E-state index contributed by atoms with van der Waals surface area (Å²) in [4.78, 5) is 50.2. The van der Waals surface area contributed by atoms with Gasteiger partial charge in [-0.15, -0.1) is 0 Å². The maximum Gasteiger partial charge on any atom is 0.262 e. The van der Waals surface area contributed by atoms with Crippen LogP contribution in [0, 0.1) is 5.41 Å². The van der Waals surface area contributed by atoms with E-state index in [0.29, 0.717) is 29.1 Å². The first kappa shape index (κ1) is 18.4. The van der Waals surface area contributed by atoms with Gasteiger partial charge in [0, 0.05) is 32.1 Å². The van der Waals surface area contributed by atoms with Crippen LogP contribution in [0.4, 0.5) is 0 Å². The summed E-state index contributed by atoms with van der Waals surface area (Å²) in [6, 6.07) is 4.84. The number of amides is 4. The summed E-state index contributed by atoms with van der Waals surface area (Å²) >= 11 is 0. The lowest BCUT2D eigenvalue weighted by Crippen LogP contribution is -2.54. The highest BCUT2D eigenvalue weighted by Gasteiger charge is 2.45. The van der Waals surface area contributed by atoms with Gasteiger partial charge in [-0.2, -0.15) is 0 Å². The Hall–Kier alpha value is -2.58. The number of carbonyl (C=O) groups excluding carboxylic acids is 4. The summed E-state index contributed by atoms with van der Waals surface area (Å²) in [5.74, 6) is -1.88. The second kappa shape index (κ2) is 6.74. The van der Waals surface area contributed by atoms with Crippen LogP contribution in [-0.4, -0.2) is 53.7 Å². The summed E-state index contributed by atoms with van der Waals surface area (Å²) in [7, 11) is 0. The summed E-state index contributed by atoms with van der Waals surface area (Å²) in [5.41, 5.74) is 2.08. The summed E-state index contributed by atoms with van der Waals surface area (Å²) < 4.78 is 0. The average Bonchev–Trinajstić information content (AvgIpc) is 3.22. The fourth-order valence-corrected chi connectivity index (χ4v) is 5.07. The van der Waals surface area contributed by atoms with Gasteiger partial charge < -0.3 is 10.6 Å². The van der Waals surface area contributed by atoms with Crippen LogP contribution in [0.2, 0.25) is 0 Å². The van der Waals surface area contributed by atoms with Gasteiger partial charge in [-0.1, -0.05) is 6.07 Å². The molecule has 2 unspecified atom stereocenters. The molecule has 3 heterocycles. The number of nitrogens with zero attached hydrogens (tertiary/aromatic N) is 1. The molecular weight excluding hydrogens is 372 g/mol. The van der Waals surface area contributed by atoms with E-state index in [9.17, 15) is 19.2 Å². The minimum Gasteiger partial charge on any atom is -0.316 e. The molecule has 1 aromatic rings.